The van der Waals surface area contributed by atoms with Crippen LogP contribution in [0.25, 0.3) is 11.3 Å². The molecule has 0 unspecified atom stereocenters. The summed E-state index contributed by atoms with van der Waals surface area (Å²) in [5, 5.41) is 3.33. The molecule has 2 heterocycles. The van der Waals surface area contributed by atoms with Crippen molar-refractivity contribution < 1.29 is 9.47 Å². The van der Waals surface area contributed by atoms with E-state index < -0.39 is 0 Å². The van der Waals surface area contributed by atoms with E-state index in [-0.39, 0.29) is 0 Å². The Morgan fingerprint density at radius 2 is 2.25 bits per heavy atom. The summed E-state index contributed by atoms with van der Waals surface area (Å²) in [4.78, 5) is 4.61. The van der Waals surface area contributed by atoms with Crippen LogP contribution in [0.15, 0.2) is 36.4 Å². The van der Waals surface area contributed by atoms with E-state index in [4.69, 9.17) is 9.47 Å². The maximum Gasteiger partial charge on any atom is 0.124 e. The van der Waals surface area contributed by atoms with Crippen molar-refractivity contribution in [2.24, 2.45) is 0 Å². The number of ether oxygens (including phenoxy) is 2. The fraction of sp³-hybridized carbons (Fsp3) is 0.312. The fourth-order valence-corrected chi connectivity index (χ4v) is 2.32. The zero-order valence-corrected chi connectivity index (χ0v) is 11.6. The van der Waals surface area contributed by atoms with Crippen molar-refractivity contribution in [3.8, 4) is 17.0 Å². The van der Waals surface area contributed by atoms with E-state index in [1.54, 1.807) is 7.11 Å². The van der Waals surface area contributed by atoms with E-state index in [9.17, 15) is 0 Å². The van der Waals surface area contributed by atoms with E-state index >= 15 is 0 Å². The first-order chi connectivity index (χ1) is 9.86. The summed E-state index contributed by atoms with van der Waals surface area (Å²) in [6.07, 6.45) is 0. The number of pyridine rings is 1. The van der Waals surface area contributed by atoms with Crippen LogP contribution in [0.3, 0.4) is 0 Å². The van der Waals surface area contributed by atoms with Crippen LogP contribution in [0.5, 0.6) is 5.75 Å². The largest absolute Gasteiger partial charge is 0.492 e. The van der Waals surface area contributed by atoms with Gasteiger partial charge in [-0.2, -0.15) is 0 Å². The molecule has 4 heteroatoms. The molecule has 1 aliphatic heterocycles. The lowest BCUT2D eigenvalue weighted by Crippen LogP contribution is -2.16. The number of fused-ring (bicyclic) bond motifs is 1. The number of nitrogens with one attached hydrogen (secondary N) is 1. The molecule has 1 aliphatic rings. The molecule has 0 saturated heterocycles. The Bertz CT molecular complexity index is 599. The number of hydrogen-bond acceptors (Lipinski definition) is 4. The zero-order valence-electron chi connectivity index (χ0n) is 11.6. The molecule has 0 amide bonds. The minimum atomic E-state index is 0.527. The van der Waals surface area contributed by atoms with Crippen LogP contribution in [0.4, 0.5) is 0 Å². The van der Waals surface area contributed by atoms with Crippen molar-refractivity contribution >= 4 is 0 Å². The van der Waals surface area contributed by atoms with Crippen LogP contribution in [0, 0.1) is 0 Å². The molecule has 2 aromatic rings. The summed E-state index contributed by atoms with van der Waals surface area (Å²) in [7, 11) is 1.68. The summed E-state index contributed by atoms with van der Waals surface area (Å²) >= 11 is 0. The third-order valence-electron chi connectivity index (χ3n) is 3.31. The highest BCUT2D eigenvalue weighted by Gasteiger charge is 2.10. The monoisotopic (exact) mass is 270 g/mol. The van der Waals surface area contributed by atoms with Gasteiger partial charge in [0.05, 0.1) is 18.0 Å². The van der Waals surface area contributed by atoms with Gasteiger partial charge in [-0.15, -0.1) is 0 Å². The lowest BCUT2D eigenvalue weighted by Gasteiger charge is -2.09. The summed E-state index contributed by atoms with van der Waals surface area (Å²) in [5.74, 6) is 0.950. The van der Waals surface area contributed by atoms with E-state index in [1.165, 1.54) is 5.56 Å². The molecule has 0 spiro atoms. The SMILES string of the molecule is COCc1cccc(-c2ccc3c(c2)OCCNC3)n1. The van der Waals surface area contributed by atoms with Crippen LogP contribution >= 0.6 is 0 Å². The molecule has 0 saturated carbocycles. The molecule has 0 bridgehead atoms. The Balaban J connectivity index is 1.94. The summed E-state index contributed by atoms with van der Waals surface area (Å²) in [6, 6.07) is 12.3. The van der Waals surface area contributed by atoms with Gasteiger partial charge in [0.1, 0.15) is 12.4 Å². The second-order valence-electron chi connectivity index (χ2n) is 4.79. The number of rotatable bonds is 3. The van der Waals surface area contributed by atoms with Crippen LogP contribution in [-0.4, -0.2) is 25.2 Å². The van der Waals surface area contributed by atoms with Gasteiger partial charge in [-0.25, -0.2) is 0 Å². The Hall–Kier alpha value is -1.91. The van der Waals surface area contributed by atoms with E-state index in [0.29, 0.717) is 13.2 Å². The number of hydrogen-bond donors (Lipinski definition) is 1. The molecular formula is C16H18N2O2. The third-order valence-corrected chi connectivity index (χ3v) is 3.31. The molecule has 20 heavy (non-hydrogen) atoms. The Labute approximate surface area is 118 Å². The molecule has 104 valence electrons. The molecule has 4 nitrogen and oxygen atoms in total. The Morgan fingerprint density at radius 3 is 3.15 bits per heavy atom. The van der Waals surface area contributed by atoms with Gasteiger partial charge < -0.3 is 14.8 Å². The predicted molar refractivity (Wildman–Crippen MR) is 77.6 cm³/mol. The van der Waals surface area contributed by atoms with E-state index in [0.717, 1.165) is 35.8 Å². The molecule has 0 fully saturated rings. The Morgan fingerprint density at radius 1 is 1.30 bits per heavy atom. The number of methoxy groups -OCH3 is 1. The van der Waals surface area contributed by atoms with Gasteiger partial charge in [0.2, 0.25) is 0 Å². The molecule has 0 radical (unpaired) electrons. The van der Waals surface area contributed by atoms with Gasteiger partial charge in [-0.05, 0) is 18.2 Å². The van der Waals surface area contributed by atoms with Gasteiger partial charge in [0.25, 0.3) is 0 Å². The lowest BCUT2D eigenvalue weighted by molar-refractivity contribution is 0.181. The molecule has 0 atom stereocenters. The standard InChI is InChI=1S/C16H18N2O2/c1-19-11-14-3-2-4-15(18-14)12-5-6-13-10-17-7-8-20-16(13)9-12/h2-6,9,17H,7-8,10-11H2,1H3. The number of benzene rings is 1. The second-order valence-corrected chi connectivity index (χ2v) is 4.79. The molecule has 1 N–H and O–H groups in total. The molecular weight excluding hydrogens is 252 g/mol. The summed E-state index contributed by atoms with van der Waals surface area (Å²) < 4.78 is 10.9. The predicted octanol–water partition coefficient (Wildman–Crippen LogP) is 2.38. The molecule has 3 rings (SSSR count). The van der Waals surface area contributed by atoms with Crippen LogP contribution in [0.1, 0.15) is 11.3 Å². The topological polar surface area (TPSA) is 43.4 Å². The van der Waals surface area contributed by atoms with Crippen molar-refractivity contribution in [3.63, 3.8) is 0 Å². The van der Waals surface area contributed by atoms with Gasteiger partial charge in [0, 0.05) is 31.3 Å². The van der Waals surface area contributed by atoms with Crippen LogP contribution < -0.4 is 10.1 Å². The van der Waals surface area contributed by atoms with E-state index in [1.807, 2.05) is 18.2 Å². The van der Waals surface area contributed by atoms with Crippen molar-refractivity contribution in [1.82, 2.24) is 10.3 Å². The minimum absolute atomic E-state index is 0.527. The average Bonchev–Trinajstić information content (AvgIpc) is 2.72. The lowest BCUT2D eigenvalue weighted by atomic mass is 10.1. The maximum absolute atomic E-state index is 5.77. The van der Waals surface area contributed by atoms with E-state index in [2.05, 4.69) is 28.5 Å². The summed E-state index contributed by atoms with van der Waals surface area (Å²) in [6.45, 7) is 2.96. The first-order valence-electron chi connectivity index (χ1n) is 6.78. The van der Waals surface area contributed by atoms with Gasteiger partial charge >= 0.3 is 0 Å². The molecule has 0 aliphatic carbocycles. The highest BCUT2D eigenvalue weighted by Crippen LogP contribution is 2.27. The van der Waals surface area contributed by atoms with Crippen molar-refractivity contribution in [3.05, 3.63) is 47.7 Å². The van der Waals surface area contributed by atoms with Gasteiger partial charge in [-0.1, -0.05) is 18.2 Å². The molecule has 1 aromatic carbocycles. The van der Waals surface area contributed by atoms with Crippen LogP contribution in [-0.2, 0) is 17.9 Å². The van der Waals surface area contributed by atoms with Crippen molar-refractivity contribution in [2.45, 2.75) is 13.2 Å². The second kappa shape index (κ2) is 6.03. The van der Waals surface area contributed by atoms with Crippen molar-refractivity contribution in [2.75, 3.05) is 20.3 Å². The van der Waals surface area contributed by atoms with Crippen molar-refractivity contribution in [1.29, 1.82) is 0 Å². The molecule has 1 aromatic heterocycles. The first kappa shape index (κ1) is 13.1. The smallest absolute Gasteiger partial charge is 0.124 e. The minimum Gasteiger partial charge on any atom is -0.492 e. The third kappa shape index (κ3) is 2.81. The average molecular weight is 270 g/mol. The maximum atomic E-state index is 5.77. The van der Waals surface area contributed by atoms with Crippen LogP contribution in [0.2, 0.25) is 0 Å². The number of nitrogens with zero attached hydrogens (tertiary/aromatic N) is 1. The quantitative estimate of drug-likeness (QED) is 0.930. The zero-order chi connectivity index (χ0) is 13.8. The first-order valence-corrected chi connectivity index (χ1v) is 6.78. The Kier molecular flexibility index (Phi) is 3.95. The highest BCUT2D eigenvalue weighted by molar-refractivity contribution is 5.62. The normalized spacial score (nSPS) is 14.2. The fourth-order valence-electron chi connectivity index (χ4n) is 2.32. The van der Waals surface area contributed by atoms with Gasteiger partial charge in [-0.3, -0.25) is 4.98 Å². The number of aromatic nitrogens is 1. The highest BCUT2D eigenvalue weighted by atomic mass is 16.5. The summed E-state index contributed by atoms with van der Waals surface area (Å²) in [5.41, 5.74) is 4.15. The van der Waals surface area contributed by atoms with Gasteiger partial charge in [0.15, 0.2) is 0 Å².